The molecule has 1 saturated heterocycles. The molecule has 98 valence electrons. The number of nitrogens with two attached hydrogens (primary N) is 1. The first-order valence-corrected chi connectivity index (χ1v) is 6.40. The summed E-state index contributed by atoms with van der Waals surface area (Å²) in [6, 6.07) is 6.81. The van der Waals surface area contributed by atoms with Gasteiger partial charge in [0.2, 0.25) is 5.91 Å². The summed E-state index contributed by atoms with van der Waals surface area (Å²) in [5.74, 6) is 0.802. The van der Waals surface area contributed by atoms with Crippen molar-refractivity contribution in [2.75, 3.05) is 20.2 Å². The number of piperidine rings is 1. The zero-order chi connectivity index (χ0) is 13.0. The van der Waals surface area contributed by atoms with Gasteiger partial charge in [-0.2, -0.15) is 0 Å². The highest BCUT2D eigenvalue weighted by molar-refractivity contribution is 5.83. The molecule has 2 rings (SSSR count). The standard InChI is InChI=1S/C14H20N2O2/c1-18-12-7-5-11(6-8-12)13(15)14(17)16-9-3-2-4-10-16/h5-8,13H,2-4,9-10,15H2,1H3/t13-/m0/s1. The van der Waals surface area contributed by atoms with Crippen molar-refractivity contribution in [3.8, 4) is 5.75 Å². The van der Waals surface area contributed by atoms with Gasteiger partial charge in [-0.15, -0.1) is 0 Å². The predicted octanol–water partition coefficient (Wildman–Crippen LogP) is 1.71. The first kappa shape index (κ1) is 12.9. The van der Waals surface area contributed by atoms with Crippen LogP contribution in [0, 0.1) is 0 Å². The van der Waals surface area contributed by atoms with Crippen LogP contribution >= 0.6 is 0 Å². The van der Waals surface area contributed by atoms with Crippen LogP contribution in [0.15, 0.2) is 24.3 Å². The van der Waals surface area contributed by atoms with E-state index in [1.54, 1.807) is 7.11 Å². The summed E-state index contributed by atoms with van der Waals surface area (Å²) in [7, 11) is 1.62. The highest BCUT2D eigenvalue weighted by atomic mass is 16.5. The van der Waals surface area contributed by atoms with Gasteiger partial charge in [0.25, 0.3) is 0 Å². The van der Waals surface area contributed by atoms with Gasteiger partial charge in [0.05, 0.1) is 7.11 Å². The fourth-order valence-corrected chi connectivity index (χ4v) is 2.26. The summed E-state index contributed by atoms with van der Waals surface area (Å²) in [6.45, 7) is 1.67. The van der Waals surface area contributed by atoms with Crippen molar-refractivity contribution in [3.05, 3.63) is 29.8 Å². The first-order valence-electron chi connectivity index (χ1n) is 6.40. The van der Waals surface area contributed by atoms with Crippen LogP contribution in [0.1, 0.15) is 30.9 Å². The maximum Gasteiger partial charge on any atom is 0.244 e. The number of carbonyl (C=O) groups is 1. The van der Waals surface area contributed by atoms with E-state index in [2.05, 4.69) is 0 Å². The lowest BCUT2D eigenvalue weighted by molar-refractivity contribution is -0.133. The van der Waals surface area contributed by atoms with E-state index in [0.717, 1.165) is 37.2 Å². The monoisotopic (exact) mass is 248 g/mol. The van der Waals surface area contributed by atoms with E-state index in [-0.39, 0.29) is 5.91 Å². The van der Waals surface area contributed by atoms with Crippen LogP contribution in [0.25, 0.3) is 0 Å². The second-order valence-electron chi connectivity index (χ2n) is 4.64. The van der Waals surface area contributed by atoms with Crippen LogP contribution in [0.5, 0.6) is 5.75 Å². The summed E-state index contributed by atoms with van der Waals surface area (Å²) in [5.41, 5.74) is 6.87. The number of ether oxygens (including phenoxy) is 1. The molecule has 4 heteroatoms. The normalized spacial score (nSPS) is 17.3. The van der Waals surface area contributed by atoms with Gasteiger partial charge in [-0.05, 0) is 37.0 Å². The van der Waals surface area contributed by atoms with Crippen molar-refractivity contribution in [3.63, 3.8) is 0 Å². The molecule has 0 aliphatic carbocycles. The number of hydrogen-bond acceptors (Lipinski definition) is 3. The summed E-state index contributed by atoms with van der Waals surface area (Å²) in [5, 5.41) is 0. The molecular formula is C14H20N2O2. The Morgan fingerprint density at radius 1 is 1.22 bits per heavy atom. The average Bonchev–Trinajstić information content (AvgIpc) is 2.47. The number of rotatable bonds is 3. The summed E-state index contributed by atoms with van der Waals surface area (Å²) < 4.78 is 5.09. The number of carbonyl (C=O) groups excluding carboxylic acids is 1. The van der Waals surface area contributed by atoms with E-state index in [0.29, 0.717) is 0 Å². The largest absolute Gasteiger partial charge is 0.497 e. The Balaban J connectivity index is 2.04. The van der Waals surface area contributed by atoms with Crippen LogP contribution in [-0.4, -0.2) is 31.0 Å². The van der Waals surface area contributed by atoms with E-state index in [1.807, 2.05) is 29.2 Å². The summed E-state index contributed by atoms with van der Waals surface area (Å²) in [6.07, 6.45) is 3.38. The van der Waals surface area contributed by atoms with Crippen LogP contribution in [0.3, 0.4) is 0 Å². The quantitative estimate of drug-likeness (QED) is 0.886. The minimum Gasteiger partial charge on any atom is -0.497 e. The van der Waals surface area contributed by atoms with Gasteiger partial charge in [-0.1, -0.05) is 12.1 Å². The summed E-state index contributed by atoms with van der Waals surface area (Å²) in [4.78, 5) is 14.1. The molecule has 1 aromatic rings. The Bertz CT molecular complexity index is 397. The van der Waals surface area contributed by atoms with E-state index in [4.69, 9.17) is 10.5 Å². The number of benzene rings is 1. The van der Waals surface area contributed by atoms with Crippen LogP contribution in [-0.2, 0) is 4.79 Å². The molecule has 1 fully saturated rings. The average molecular weight is 248 g/mol. The maximum atomic E-state index is 12.2. The van der Waals surface area contributed by atoms with Gasteiger partial charge < -0.3 is 15.4 Å². The lowest BCUT2D eigenvalue weighted by atomic mass is 10.0. The lowest BCUT2D eigenvalue weighted by Crippen LogP contribution is -2.41. The van der Waals surface area contributed by atoms with Crippen molar-refractivity contribution in [1.29, 1.82) is 0 Å². The molecule has 18 heavy (non-hydrogen) atoms. The molecule has 1 aromatic carbocycles. The molecule has 0 unspecified atom stereocenters. The predicted molar refractivity (Wildman–Crippen MR) is 70.4 cm³/mol. The Kier molecular flexibility index (Phi) is 4.20. The number of nitrogens with zero attached hydrogens (tertiary/aromatic N) is 1. The molecule has 0 saturated carbocycles. The second kappa shape index (κ2) is 5.87. The second-order valence-corrected chi connectivity index (χ2v) is 4.64. The van der Waals surface area contributed by atoms with E-state index >= 15 is 0 Å². The van der Waals surface area contributed by atoms with Crippen molar-refractivity contribution in [1.82, 2.24) is 4.90 Å². The van der Waals surface area contributed by atoms with E-state index < -0.39 is 6.04 Å². The Hall–Kier alpha value is -1.55. The van der Waals surface area contributed by atoms with E-state index in [9.17, 15) is 4.79 Å². The van der Waals surface area contributed by atoms with E-state index in [1.165, 1.54) is 6.42 Å². The lowest BCUT2D eigenvalue weighted by Gasteiger charge is -2.29. The van der Waals surface area contributed by atoms with Crippen molar-refractivity contribution in [2.24, 2.45) is 5.73 Å². The smallest absolute Gasteiger partial charge is 0.244 e. The Labute approximate surface area is 108 Å². The van der Waals surface area contributed by atoms with Gasteiger partial charge in [0.15, 0.2) is 0 Å². The third kappa shape index (κ3) is 2.82. The number of likely N-dealkylation sites (tertiary alicyclic amines) is 1. The van der Waals surface area contributed by atoms with Gasteiger partial charge in [0, 0.05) is 13.1 Å². The zero-order valence-electron chi connectivity index (χ0n) is 10.8. The fourth-order valence-electron chi connectivity index (χ4n) is 2.26. The molecule has 0 bridgehead atoms. The fraction of sp³-hybridized carbons (Fsp3) is 0.500. The minimum atomic E-state index is -0.561. The van der Waals surface area contributed by atoms with Gasteiger partial charge >= 0.3 is 0 Å². The molecule has 1 amide bonds. The maximum absolute atomic E-state index is 12.2. The highest BCUT2D eigenvalue weighted by Gasteiger charge is 2.23. The zero-order valence-corrected chi connectivity index (χ0v) is 10.8. The molecule has 0 aromatic heterocycles. The SMILES string of the molecule is COc1ccc([C@H](N)C(=O)N2CCCCC2)cc1. The molecule has 1 aliphatic rings. The van der Waals surface area contributed by atoms with Gasteiger partial charge in [0.1, 0.15) is 11.8 Å². The molecule has 0 radical (unpaired) electrons. The molecular weight excluding hydrogens is 228 g/mol. The van der Waals surface area contributed by atoms with Crippen LogP contribution in [0.4, 0.5) is 0 Å². The Morgan fingerprint density at radius 2 is 1.83 bits per heavy atom. The molecule has 1 heterocycles. The Morgan fingerprint density at radius 3 is 2.39 bits per heavy atom. The third-order valence-corrected chi connectivity index (χ3v) is 3.41. The van der Waals surface area contributed by atoms with Crippen LogP contribution < -0.4 is 10.5 Å². The molecule has 0 spiro atoms. The molecule has 2 N–H and O–H groups in total. The number of methoxy groups -OCH3 is 1. The van der Waals surface area contributed by atoms with Crippen LogP contribution in [0.2, 0.25) is 0 Å². The van der Waals surface area contributed by atoms with Gasteiger partial charge in [-0.3, -0.25) is 4.79 Å². The topological polar surface area (TPSA) is 55.6 Å². The third-order valence-electron chi connectivity index (χ3n) is 3.41. The number of hydrogen-bond donors (Lipinski definition) is 1. The molecule has 1 aliphatic heterocycles. The first-order chi connectivity index (χ1) is 8.72. The highest BCUT2D eigenvalue weighted by Crippen LogP contribution is 2.19. The minimum absolute atomic E-state index is 0.0277. The van der Waals surface area contributed by atoms with Gasteiger partial charge in [-0.25, -0.2) is 0 Å². The molecule has 1 atom stereocenters. The molecule has 4 nitrogen and oxygen atoms in total. The van der Waals surface area contributed by atoms with Crippen molar-refractivity contribution in [2.45, 2.75) is 25.3 Å². The van der Waals surface area contributed by atoms with Crippen molar-refractivity contribution >= 4 is 5.91 Å². The number of amides is 1. The van der Waals surface area contributed by atoms with Crippen molar-refractivity contribution < 1.29 is 9.53 Å². The summed E-state index contributed by atoms with van der Waals surface area (Å²) >= 11 is 0.